The molecule has 4 heterocycles. The molecule has 4 aromatic rings. The summed E-state index contributed by atoms with van der Waals surface area (Å²) in [5.74, 6) is 1.41. The van der Waals surface area contributed by atoms with Crippen molar-refractivity contribution in [2.24, 2.45) is 0 Å². The van der Waals surface area contributed by atoms with Crippen LogP contribution in [0.1, 0.15) is 69.2 Å². The van der Waals surface area contributed by atoms with E-state index in [1.165, 1.54) is 0 Å². The van der Waals surface area contributed by atoms with Gasteiger partial charge < -0.3 is 20.7 Å². The number of nitrogen functional groups attached to an aromatic ring is 1. The van der Waals surface area contributed by atoms with Crippen LogP contribution in [0, 0.1) is 0 Å². The Morgan fingerprint density at radius 3 is 2.36 bits per heavy atom. The van der Waals surface area contributed by atoms with Crippen molar-refractivity contribution in [3.63, 3.8) is 0 Å². The Morgan fingerprint density at radius 2 is 1.69 bits per heavy atom. The number of hydrogen-bond acceptors (Lipinski definition) is 10. The van der Waals surface area contributed by atoms with E-state index in [0.29, 0.717) is 11.7 Å². The molecule has 0 amide bonds. The maximum atomic E-state index is 10.5. The molecule has 202 valence electrons. The Kier molecular flexibility index (Phi) is 8.04. The van der Waals surface area contributed by atoms with Gasteiger partial charge in [0, 0.05) is 43.3 Å². The van der Waals surface area contributed by atoms with Crippen molar-refractivity contribution in [2.45, 2.75) is 63.2 Å². The van der Waals surface area contributed by atoms with Gasteiger partial charge in [-0.1, -0.05) is 36.9 Å². The number of pyridine rings is 2. The summed E-state index contributed by atoms with van der Waals surface area (Å²) in [5.41, 5.74) is 8.68. The Labute approximate surface area is 226 Å². The largest absolute Gasteiger partial charge is 0.481 e. The number of aliphatic carboxylic acids is 1. The first-order valence-corrected chi connectivity index (χ1v) is 13.3. The van der Waals surface area contributed by atoms with Crippen molar-refractivity contribution in [2.75, 3.05) is 17.6 Å². The maximum absolute atomic E-state index is 10.5. The van der Waals surface area contributed by atoms with Gasteiger partial charge in [0.05, 0.1) is 16.7 Å². The van der Waals surface area contributed by atoms with Gasteiger partial charge in [-0.05, 0) is 49.4 Å². The van der Waals surface area contributed by atoms with Gasteiger partial charge >= 0.3 is 5.97 Å². The fourth-order valence-electron chi connectivity index (χ4n) is 4.80. The lowest BCUT2D eigenvalue weighted by molar-refractivity contribution is -0.137. The lowest BCUT2D eigenvalue weighted by atomic mass is 9.64. The second kappa shape index (κ2) is 12.0. The van der Waals surface area contributed by atoms with Crippen LogP contribution in [-0.4, -0.2) is 47.7 Å². The highest BCUT2D eigenvalue weighted by atomic mass is 16.5. The summed E-state index contributed by atoms with van der Waals surface area (Å²) in [6, 6.07) is 7.86. The summed E-state index contributed by atoms with van der Waals surface area (Å²) in [6.45, 7) is 0.816. The molecule has 0 unspecified atom stereocenters. The fraction of sp³-hybridized carbons (Fsp3) is 0.393. The van der Waals surface area contributed by atoms with Crippen LogP contribution in [0.2, 0.25) is 0 Å². The lowest BCUT2D eigenvalue weighted by Gasteiger charge is -2.39. The SMILES string of the molecule is Nc1ncc(-c2ccc(C3(c4noc(-c5ccc(NCCCCCCCC(=O)O)nc5)n4)CCC3)cn2)cn1. The van der Waals surface area contributed by atoms with Gasteiger partial charge in [0.2, 0.25) is 5.95 Å². The molecule has 4 aromatic heterocycles. The van der Waals surface area contributed by atoms with Crippen LogP contribution in [0.4, 0.5) is 11.8 Å². The quantitative estimate of drug-likeness (QED) is 0.203. The zero-order valence-electron chi connectivity index (χ0n) is 21.7. The number of unbranched alkanes of at least 4 members (excludes halogenated alkanes) is 4. The van der Waals surface area contributed by atoms with Crippen molar-refractivity contribution >= 4 is 17.7 Å². The van der Waals surface area contributed by atoms with Crippen LogP contribution >= 0.6 is 0 Å². The number of carboxylic acid groups (broad SMARTS) is 1. The average Bonchev–Trinajstić information content (AvgIpc) is 3.41. The Bertz CT molecular complexity index is 1370. The normalized spacial score (nSPS) is 14.1. The van der Waals surface area contributed by atoms with Gasteiger partial charge in [0.25, 0.3) is 5.89 Å². The summed E-state index contributed by atoms with van der Waals surface area (Å²) < 4.78 is 5.65. The fourth-order valence-corrected chi connectivity index (χ4v) is 4.80. The van der Waals surface area contributed by atoms with Gasteiger partial charge in [0.1, 0.15) is 5.82 Å². The Hall–Kier alpha value is -4.41. The van der Waals surface area contributed by atoms with E-state index in [-0.39, 0.29) is 17.8 Å². The third-order valence-corrected chi connectivity index (χ3v) is 7.23. The van der Waals surface area contributed by atoms with Crippen molar-refractivity contribution in [3.8, 4) is 22.7 Å². The molecule has 39 heavy (non-hydrogen) atoms. The Morgan fingerprint density at radius 1 is 0.923 bits per heavy atom. The summed E-state index contributed by atoms with van der Waals surface area (Å²) in [4.78, 5) is 32.5. The van der Waals surface area contributed by atoms with Gasteiger partial charge in [-0.15, -0.1) is 0 Å². The molecule has 1 aliphatic rings. The van der Waals surface area contributed by atoms with Crippen molar-refractivity contribution in [1.82, 2.24) is 30.1 Å². The highest BCUT2D eigenvalue weighted by Crippen LogP contribution is 2.48. The third-order valence-electron chi connectivity index (χ3n) is 7.23. The minimum atomic E-state index is -0.722. The molecule has 5 rings (SSSR count). The number of nitrogens with zero attached hydrogens (tertiary/aromatic N) is 6. The van der Waals surface area contributed by atoms with E-state index in [2.05, 4.69) is 36.5 Å². The monoisotopic (exact) mass is 528 g/mol. The van der Waals surface area contributed by atoms with E-state index in [4.69, 9.17) is 20.3 Å². The van der Waals surface area contributed by atoms with Crippen molar-refractivity contribution in [3.05, 3.63) is 60.4 Å². The minimum Gasteiger partial charge on any atom is -0.481 e. The molecule has 0 spiro atoms. The zero-order valence-corrected chi connectivity index (χ0v) is 21.7. The number of nitrogens with two attached hydrogens (primary N) is 1. The van der Waals surface area contributed by atoms with Crippen LogP contribution in [0.25, 0.3) is 22.7 Å². The number of nitrogens with one attached hydrogen (secondary N) is 1. The molecule has 11 heteroatoms. The first-order valence-electron chi connectivity index (χ1n) is 13.3. The summed E-state index contributed by atoms with van der Waals surface area (Å²) in [7, 11) is 0. The van der Waals surface area contributed by atoms with Crippen LogP contribution in [0.15, 0.2) is 53.6 Å². The molecule has 0 aromatic carbocycles. The predicted molar refractivity (Wildman–Crippen MR) is 146 cm³/mol. The van der Waals surface area contributed by atoms with Crippen molar-refractivity contribution in [1.29, 1.82) is 0 Å². The molecule has 0 radical (unpaired) electrons. The molecule has 0 saturated heterocycles. The van der Waals surface area contributed by atoms with E-state index in [9.17, 15) is 4.79 Å². The molecular weight excluding hydrogens is 496 g/mol. The number of carboxylic acids is 1. The first kappa shape index (κ1) is 26.2. The van der Waals surface area contributed by atoms with Crippen LogP contribution < -0.4 is 11.1 Å². The van der Waals surface area contributed by atoms with Crippen LogP contribution in [-0.2, 0) is 10.2 Å². The topological polar surface area (TPSA) is 166 Å². The van der Waals surface area contributed by atoms with E-state index < -0.39 is 5.97 Å². The molecule has 0 bridgehead atoms. The van der Waals surface area contributed by atoms with Crippen molar-refractivity contribution < 1.29 is 14.4 Å². The van der Waals surface area contributed by atoms with E-state index >= 15 is 0 Å². The van der Waals surface area contributed by atoms with Gasteiger partial charge in [-0.3, -0.25) is 9.78 Å². The Balaban J connectivity index is 1.17. The van der Waals surface area contributed by atoms with Gasteiger partial charge in [-0.2, -0.15) is 4.98 Å². The summed E-state index contributed by atoms with van der Waals surface area (Å²) in [6.07, 6.45) is 14.9. The number of anilines is 2. The molecule has 0 atom stereocenters. The van der Waals surface area contributed by atoms with E-state index in [1.807, 2.05) is 24.4 Å². The molecular formula is C28H32N8O3. The lowest BCUT2D eigenvalue weighted by Crippen LogP contribution is -2.36. The number of hydrogen-bond donors (Lipinski definition) is 3. The van der Waals surface area contributed by atoms with Gasteiger partial charge in [0.15, 0.2) is 5.82 Å². The van der Waals surface area contributed by atoms with E-state index in [0.717, 1.165) is 86.1 Å². The van der Waals surface area contributed by atoms with Crippen LogP contribution in [0.3, 0.4) is 0 Å². The number of carbonyl (C=O) groups is 1. The smallest absolute Gasteiger partial charge is 0.303 e. The first-order chi connectivity index (χ1) is 19.0. The standard InChI is InChI=1S/C28H32N8O3/c29-27-33-16-20(17-34-27)22-10-9-21(18-31-22)28(12-6-13-28)26-35-25(39-36-26)19-8-11-23(32-15-19)30-14-5-3-1-2-4-7-24(37)38/h8-11,15-18H,1-7,12-14H2,(H,30,32)(H,37,38)(H2,29,33,34). The molecule has 11 nitrogen and oxygen atoms in total. The highest BCUT2D eigenvalue weighted by Gasteiger charge is 2.45. The zero-order chi connectivity index (χ0) is 27.1. The second-order valence-corrected chi connectivity index (χ2v) is 9.89. The number of aromatic nitrogens is 6. The molecule has 4 N–H and O–H groups in total. The number of rotatable bonds is 13. The second-order valence-electron chi connectivity index (χ2n) is 9.89. The molecule has 1 fully saturated rings. The molecule has 1 aliphatic carbocycles. The average molecular weight is 529 g/mol. The summed E-state index contributed by atoms with van der Waals surface area (Å²) in [5, 5.41) is 16.4. The van der Waals surface area contributed by atoms with E-state index in [1.54, 1.807) is 18.6 Å². The summed E-state index contributed by atoms with van der Waals surface area (Å²) >= 11 is 0. The van der Waals surface area contributed by atoms with Gasteiger partial charge in [-0.25, -0.2) is 15.0 Å². The third kappa shape index (κ3) is 6.19. The van der Waals surface area contributed by atoms with Crippen LogP contribution in [0.5, 0.6) is 0 Å². The maximum Gasteiger partial charge on any atom is 0.303 e. The molecule has 1 saturated carbocycles. The highest BCUT2D eigenvalue weighted by molar-refractivity contribution is 5.66. The molecule has 0 aliphatic heterocycles. The predicted octanol–water partition coefficient (Wildman–Crippen LogP) is 4.87. The minimum absolute atomic E-state index is 0.233.